The Bertz CT molecular complexity index is 461. The fourth-order valence-electron chi connectivity index (χ4n) is 3.24. The van der Waals surface area contributed by atoms with E-state index in [0.717, 1.165) is 32.6 Å². The van der Waals surface area contributed by atoms with E-state index in [1.54, 1.807) is 0 Å². The molecule has 1 aromatic rings. The highest BCUT2D eigenvalue weighted by atomic mass is 16.4. The SMILES string of the molecule is CC(C)N(Cc1ccccc1)C[C@@H]1CCCN(CC(=O)O)C1. The fourth-order valence-corrected chi connectivity index (χ4v) is 3.24. The van der Waals surface area contributed by atoms with E-state index in [-0.39, 0.29) is 6.54 Å². The number of likely N-dealkylation sites (tertiary alicyclic amines) is 1. The van der Waals surface area contributed by atoms with Crippen molar-refractivity contribution in [1.82, 2.24) is 9.80 Å². The average Bonchev–Trinajstić information content (AvgIpc) is 2.47. The summed E-state index contributed by atoms with van der Waals surface area (Å²) in [6.07, 6.45) is 2.31. The van der Waals surface area contributed by atoms with Crippen LogP contribution in [-0.4, -0.2) is 53.1 Å². The van der Waals surface area contributed by atoms with Crippen molar-refractivity contribution < 1.29 is 9.90 Å². The minimum absolute atomic E-state index is 0.177. The Morgan fingerprint density at radius 1 is 1.36 bits per heavy atom. The van der Waals surface area contributed by atoms with E-state index in [1.807, 2.05) is 6.07 Å². The van der Waals surface area contributed by atoms with E-state index >= 15 is 0 Å². The third kappa shape index (κ3) is 5.43. The van der Waals surface area contributed by atoms with Crippen LogP contribution in [-0.2, 0) is 11.3 Å². The van der Waals surface area contributed by atoms with Gasteiger partial charge in [-0.1, -0.05) is 30.3 Å². The number of nitrogens with zero attached hydrogens (tertiary/aromatic N) is 2. The summed E-state index contributed by atoms with van der Waals surface area (Å²) in [5, 5.41) is 8.96. The van der Waals surface area contributed by atoms with Crippen molar-refractivity contribution in [3.05, 3.63) is 35.9 Å². The summed E-state index contributed by atoms with van der Waals surface area (Å²) >= 11 is 0. The number of benzene rings is 1. The van der Waals surface area contributed by atoms with Gasteiger partial charge in [0.15, 0.2) is 0 Å². The molecule has 1 aliphatic heterocycles. The molecule has 1 heterocycles. The summed E-state index contributed by atoms with van der Waals surface area (Å²) in [7, 11) is 0. The predicted octanol–water partition coefficient (Wildman–Crippen LogP) is 2.69. The molecule has 0 spiro atoms. The molecule has 1 saturated heterocycles. The van der Waals surface area contributed by atoms with Crippen LogP contribution in [0.5, 0.6) is 0 Å². The zero-order valence-corrected chi connectivity index (χ0v) is 13.7. The van der Waals surface area contributed by atoms with Crippen LogP contribution in [0.25, 0.3) is 0 Å². The molecule has 4 heteroatoms. The van der Waals surface area contributed by atoms with Crippen molar-refractivity contribution in [2.24, 2.45) is 5.92 Å². The second kappa shape index (κ2) is 8.30. The highest BCUT2D eigenvalue weighted by Crippen LogP contribution is 2.20. The smallest absolute Gasteiger partial charge is 0.317 e. The van der Waals surface area contributed by atoms with Crippen LogP contribution < -0.4 is 0 Å². The molecule has 22 heavy (non-hydrogen) atoms. The molecule has 0 amide bonds. The van der Waals surface area contributed by atoms with Crippen LogP contribution in [0.15, 0.2) is 30.3 Å². The lowest BCUT2D eigenvalue weighted by Gasteiger charge is -2.36. The van der Waals surface area contributed by atoms with Crippen LogP contribution in [0, 0.1) is 5.92 Å². The molecule has 0 aromatic heterocycles. The van der Waals surface area contributed by atoms with Gasteiger partial charge in [-0.25, -0.2) is 0 Å². The molecule has 1 fully saturated rings. The third-order valence-electron chi connectivity index (χ3n) is 4.41. The van der Waals surface area contributed by atoms with Crippen molar-refractivity contribution in [2.45, 2.75) is 39.3 Å². The van der Waals surface area contributed by atoms with E-state index < -0.39 is 5.97 Å². The first kappa shape index (κ1) is 17.0. The summed E-state index contributed by atoms with van der Waals surface area (Å²) in [5.41, 5.74) is 1.34. The summed E-state index contributed by atoms with van der Waals surface area (Å²) in [5.74, 6) is -0.148. The molecule has 0 bridgehead atoms. The molecule has 0 aliphatic carbocycles. The lowest BCUT2D eigenvalue weighted by atomic mass is 9.96. The van der Waals surface area contributed by atoms with Crippen LogP contribution in [0.2, 0.25) is 0 Å². The van der Waals surface area contributed by atoms with Crippen LogP contribution in [0.3, 0.4) is 0 Å². The van der Waals surface area contributed by atoms with Gasteiger partial charge in [-0.15, -0.1) is 0 Å². The number of carbonyl (C=O) groups is 1. The Labute approximate surface area is 133 Å². The van der Waals surface area contributed by atoms with Gasteiger partial charge in [0.25, 0.3) is 0 Å². The number of aliphatic carboxylic acids is 1. The van der Waals surface area contributed by atoms with Crippen molar-refractivity contribution >= 4 is 5.97 Å². The van der Waals surface area contributed by atoms with Gasteiger partial charge in [0, 0.05) is 25.7 Å². The molecule has 122 valence electrons. The maximum absolute atomic E-state index is 10.9. The Balaban J connectivity index is 1.91. The van der Waals surface area contributed by atoms with E-state index in [1.165, 1.54) is 12.0 Å². The molecular weight excluding hydrogens is 276 g/mol. The first-order valence-electron chi connectivity index (χ1n) is 8.26. The molecule has 2 rings (SSSR count). The van der Waals surface area contributed by atoms with Crippen molar-refractivity contribution in [3.8, 4) is 0 Å². The third-order valence-corrected chi connectivity index (χ3v) is 4.41. The molecule has 4 nitrogen and oxygen atoms in total. The van der Waals surface area contributed by atoms with E-state index in [2.05, 4.69) is 47.9 Å². The monoisotopic (exact) mass is 304 g/mol. The maximum Gasteiger partial charge on any atom is 0.317 e. The number of carboxylic acid groups (broad SMARTS) is 1. The quantitative estimate of drug-likeness (QED) is 0.841. The lowest BCUT2D eigenvalue weighted by molar-refractivity contribution is -0.138. The van der Waals surface area contributed by atoms with E-state index in [0.29, 0.717) is 12.0 Å². The molecule has 0 unspecified atom stereocenters. The van der Waals surface area contributed by atoms with Gasteiger partial charge < -0.3 is 5.11 Å². The van der Waals surface area contributed by atoms with E-state index in [9.17, 15) is 4.79 Å². The van der Waals surface area contributed by atoms with E-state index in [4.69, 9.17) is 5.11 Å². The van der Waals surface area contributed by atoms with Crippen molar-refractivity contribution in [3.63, 3.8) is 0 Å². The second-order valence-electron chi connectivity index (χ2n) is 6.65. The molecule has 0 radical (unpaired) electrons. The summed E-state index contributed by atoms with van der Waals surface area (Å²) in [4.78, 5) is 15.5. The van der Waals surface area contributed by atoms with Gasteiger partial charge in [0.05, 0.1) is 6.54 Å². The highest BCUT2D eigenvalue weighted by molar-refractivity contribution is 5.69. The van der Waals surface area contributed by atoms with Crippen LogP contribution >= 0.6 is 0 Å². The van der Waals surface area contributed by atoms with Crippen molar-refractivity contribution in [2.75, 3.05) is 26.2 Å². The minimum Gasteiger partial charge on any atom is -0.480 e. The number of rotatable bonds is 7. The predicted molar refractivity (Wildman–Crippen MR) is 88.8 cm³/mol. The minimum atomic E-state index is -0.717. The van der Waals surface area contributed by atoms with Crippen LogP contribution in [0.1, 0.15) is 32.3 Å². The zero-order valence-electron chi connectivity index (χ0n) is 13.7. The van der Waals surface area contributed by atoms with Gasteiger partial charge in [0.2, 0.25) is 0 Å². The Kier molecular flexibility index (Phi) is 6.40. The Morgan fingerprint density at radius 2 is 2.09 bits per heavy atom. The summed E-state index contributed by atoms with van der Waals surface area (Å²) in [6, 6.07) is 11.1. The highest BCUT2D eigenvalue weighted by Gasteiger charge is 2.24. The van der Waals surface area contributed by atoms with Gasteiger partial charge in [0.1, 0.15) is 0 Å². The number of hydrogen-bond donors (Lipinski definition) is 1. The first-order chi connectivity index (χ1) is 10.5. The summed E-state index contributed by atoms with van der Waals surface area (Å²) in [6.45, 7) is 8.49. The number of piperidine rings is 1. The molecule has 0 saturated carbocycles. The normalized spacial score (nSPS) is 19.7. The second-order valence-corrected chi connectivity index (χ2v) is 6.65. The standard InChI is InChI=1S/C18H28N2O2/c1-15(2)20(12-16-7-4-3-5-8-16)13-17-9-6-10-19(11-17)14-18(21)22/h3-5,7-8,15,17H,6,9-14H2,1-2H3,(H,21,22)/t17-/m1/s1. The number of carboxylic acids is 1. The summed E-state index contributed by atoms with van der Waals surface area (Å²) < 4.78 is 0. The van der Waals surface area contributed by atoms with Gasteiger partial charge in [-0.3, -0.25) is 14.6 Å². The number of hydrogen-bond acceptors (Lipinski definition) is 3. The first-order valence-corrected chi connectivity index (χ1v) is 8.26. The maximum atomic E-state index is 10.9. The van der Waals surface area contributed by atoms with Crippen molar-refractivity contribution in [1.29, 1.82) is 0 Å². The fraction of sp³-hybridized carbons (Fsp3) is 0.611. The largest absolute Gasteiger partial charge is 0.480 e. The molecular formula is C18H28N2O2. The Hall–Kier alpha value is -1.39. The molecule has 1 N–H and O–H groups in total. The molecule has 1 atom stereocenters. The van der Waals surface area contributed by atoms with Gasteiger partial charge in [-0.05, 0) is 44.7 Å². The van der Waals surface area contributed by atoms with Gasteiger partial charge in [-0.2, -0.15) is 0 Å². The van der Waals surface area contributed by atoms with Gasteiger partial charge >= 0.3 is 5.97 Å². The average molecular weight is 304 g/mol. The molecule has 1 aliphatic rings. The lowest BCUT2D eigenvalue weighted by Crippen LogP contribution is -2.44. The van der Waals surface area contributed by atoms with Crippen LogP contribution in [0.4, 0.5) is 0 Å². The zero-order chi connectivity index (χ0) is 15.9. The topological polar surface area (TPSA) is 43.8 Å². The molecule has 1 aromatic carbocycles. The Morgan fingerprint density at radius 3 is 2.73 bits per heavy atom.